The lowest BCUT2D eigenvalue weighted by Crippen LogP contribution is -2.59. The van der Waals surface area contributed by atoms with Gasteiger partial charge in [0.05, 0.1) is 11.9 Å². The molecule has 0 bridgehead atoms. The molecule has 0 spiro atoms. The van der Waals surface area contributed by atoms with Crippen LogP contribution >= 0.6 is 24.0 Å². The molecule has 1 aliphatic heterocycles. The molecule has 0 saturated carbocycles. The standard InChI is InChI=1S/C33H41N5O3S2/c1-22-11-9-10-14-24(22)20-34-30(40)29-33(2,3)43-21-38(29)31(41)28(39)27(19-23-12-7-6-8-13-23)36-32(42)35-25-15-17-26(18-16-25)37(4)5/h6-18,27-29,39H,19-21H2,1-5H3,(H,34,40)(H2,35,36,42)/t27-,28-,29+/m0/s1. The SMILES string of the molecule is Cc1ccccc1CNC(=O)[C@H]1N(C(=O)[C@@H](O)[C@H](Cc2ccccc2)NC(=S)Nc2ccc(N(C)C)cc2)CSC1(C)C. The largest absolute Gasteiger partial charge is 0.381 e. The summed E-state index contributed by atoms with van der Waals surface area (Å²) in [5.74, 6) is -0.463. The molecule has 0 aliphatic carbocycles. The summed E-state index contributed by atoms with van der Waals surface area (Å²) in [6.07, 6.45) is -1.10. The summed E-state index contributed by atoms with van der Waals surface area (Å²) < 4.78 is -0.539. The first-order valence-corrected chi connectivity index (χ1v) is 15.7. The minimum absolute atomic E-state index is 0.246. The summed E-state index contributed by atoms with van der Waals surface area (Å²) in [7, 11) is 3.94. The van der Waals surface area contributed by atoms with E-state index in [0.717, 1.165) is 28.1 Å². The second-order valence-electron chi connectivity index (χ2n) is 11.5. The summed E-state index contributed by atoms with van der Waals surface area (Å²) >= 11 is 7.13. The van der Waals surface area contributed by atoms with Crippen LogP contribution in [0.15, 0.2) is 78.9 Å². The molecule has 10 heteroatoms. The summed E-state index contributed by atoms with van der Waals surface area (Å²) in [5.41, 5.74) is 4.87. The second kappa shape index (κ2) is 14.2. The minimum Gasteiger partial charge on any atom is -0.381 e. The number of benzene rings is 3. The fraction of sp³-hybridized carbons (Fsp3) is 0.364. The van der Waals surface area contributed by atoms with Crippen molar-refractivity contribution in [3.63, 3.8) is 0 Å². The molecule has 43 heavy (non-hydrogen) atoms. The van der Waals surface area contributed by atoms with Crippen molar-refractivity contribution in [3.05, 3.63) is 95.6 Å². The van der Waals surface area contributed by atoms with Gasteiger partial charge in [-0.1, -0.05) is 54.6 Å². The molecular formula is C33H41N5O3S2. The van der Waals surface area contributed by atoms with Gasteiger partial charge >= 0.3 is 0 Å². The van der Waals surface area contributed by atoms with Crippen molar-refractivity contribution in [2.75, 3.05) is 30.2 Å². The van der Waals surface area contributed by atoms with E-state index in [1.165, 1.54) is 16.7 Å². The van der Waals surface area contributed by atoms with Gasteiger partial charge < -0.3 is 30.9 Å². The molecule has 1 aliphatic rings. The van der Waals surface area contributed by atoms with Crippen molar-refractivity contribution in [2.45, 2.75) is 56.7 Å². The van der Waals surface area contributed by atoms with Crippen LogP contribution in [0.25, 0.3) is 0 Å². The summed E-state index contributed by atoms with van der Waals surface area (Å²) in [6.45, 7) is 6.27. The van der Waals surface area contributed by atoms with E-state index >= 15 is 0 Å². The van der Waals surface area contributed by atoms with E-state index < -0.39 is 28.8 Å². The van der Waals surface area contributed by atoms with Gasteiger partial charge in [-0.3, -0.25) is 9.59 Å². The molecule has 0 radical (unpaired) electrons. The van der Waals surface area contributed by atoms with Gasteiger partial charge in [0, 0.05) is 36.8 Å². The Balaban J connectivity index is 1.50. The second-order valence-corrected chi connectivity index (χ2v) is 13.5. The number of aryl methyl sites for hydroxylation is 1. The smallest absolute Gasteiger partial charge is 0.254 e. The Hall–Kier alpha value is -3.60. The Labute approximate surface area is 264 Å². The molecule has 1 fully saturated rings. The van der Waals surface area contributed by atoms with Crippen LogP contribution in [0.4, 0.5) is 11.4 Å². The van der Waals surface area contributed by atoms with E-state index in [2.05, 4.69) is 16.0 Å². The fourth-order valence-electron chi connectivity index (χ4n) is 5.13. The number of hydrogen-bond acceptors (Lipinski definition) is 6. The van der Waals surface area contributed by atoms with Gasteiger partial charge in [0.2, 0.25) is 5.91 Å². The van der Waals surface area contributed by atoms with E-state index in [1.807, 2.05) is 119 Å². The van der Waals surface area contributed by atoms with Crippen LogP contribution in [0.1, 0.15) is 30.5 Å². The number of aliphatic hydroxyl groups excluding tert-OH is 1. The van der Waals surface area contributed by atoms with Crippen molar-refractivity contribution >= 4 is 52.3 Å². The number of thioether (sulfide) groups is 1. The summed E-state index contributed by atoms with van der Waals surface area (Å²) in [6, 6.07) is 23.8. The molecule has 228 valence electrons. The zero-order chi connectivity index (χ0) is 31.1. The van der Waals surface area contributed by atoms with Crippen LogP contribution in [0, 0.1) is 6.92 Å². The fourth-order valence-corrected chi connectivity index (χ4v) is 6.54. The highest BCUT2D eigenvalue weighted by Gasteiger charge is 2.49. The molecule has 3 aromatic carbocycles. The zero-order valence-electron chi connectivity index (χ0n) is 25.3. The monoisotopic (exact) mass is 619 g/mol. The maximum Gasteiger partial charge on any atom is 0.254 e. The zero-order valence-corrected chi connectivity index (χ0v) is 27.0. The molecule has 3 aromatic rings. The molecule has 4 N–H and O–H groups in total. The third-order valence-corrected chi connectivity index (χ3v) is 9.28. The van der Waals surface area contributed by atoms with E-state index in [-0.39, 0.29) is 11.0 Å². The molecule has 1 heterocycles. The molecule has 4 rings (SSSR count). The first kappa shape index (κ1) is 32.3. The van der Waals surface area contributed by atoms with Gasteiger partial charge in [0.1, 0.15) is 6.04 Å². The number of nitrogens with zero attached hydrogens (tertiary/aromatic N) is 2. The Morgan fingerprint density at radius 3 is 2.35 bits per heavy atom. The number of anilines is 2. The highest BCUT2D eigenvalue weighted by atomic mass is 32.2. The highest BCUT2D eigenvalue weighted by Crippen LogP contribution is 2.40. The molecule has 0 aromatic heterocycles. The third kappa shape index (κ3) is 8.28. The molecular weight excluding hydrogens is 579 g/mol. The first-order chi connectivity index (χ1) is 20.5. The maximum atomic E-state index is 13.9. The normalized spacial score (nSPS) is 17.1. The van der Waals surface area contributed by atoms with Crippen LogP contribution in [-0.2, 0) is 22.6 Å². The van der Waals surface area contributed by atoms with Gasteiger partial charge in [-0.25, -0.2) is 0 Å². The molecule has 8 nitrogen and oxygen atoms in total. The highest BCUT2D eigenvalue weighted by molar-refractivity contribution is 8.00. The number of amides is 2. The van der Waals surface area contributed by atoms with E-state index in [1.54, 1.807) is 0 Å². The van der Waals surface area contributed by atoms with Crippen molar-refractivity contribution in [2.24, 2.45) is 0 Å². The predicted octanol–water partition coefficient (Wildman–Crippen LogP) is 4.32. The van der Waals surface area contributed by atoms with Crippen molar-refractivity contribution < 1.29 is 14.7 Å². The van der Waals surface area contributed by atoms with Gasteiger partial charge in [-0.15, -0.1) is 11.8 Å². The summed E-state index contributed by atoms with van der Waals surface area (Å²) in [5, 5.41) is 21.2. The number of thiocarbonyl (C=S) groups is 1. The van der Waals surface area contributed by atoms with Crippen molar-refractivity contribution in [1.82, 2.24) is 15.5 Å². The van der Waals surface area contributed by atoms with E-state index in [4.69, 9.17) is 12.2 Å². The number of nitrogens with one attached hydrogen (secondary N) is 3. The molecule has 0 unspecified atom stereocenters. The number of hydrogen-bond donors (Lipinski definition) is 4. The van der Waals surface area contributed by atoms with Gasteiger partial charge in [0.25, 0.3) is 5.91 Å². The Morgan fingerprint density at radius 2 is 1.70 bits per heavy atom. The lowest BCUT2D eigenvalue weighted by molar-refractivity contribution is -0.147. The van der Waals surface area contributed by atoms with E-state index in [9.17, 15) is 14.7 Å². The van der Waals surface area contributed by atoms with Crippen LogP contribution in [-0.4, -0.2) is 69.8 Å². The Kier molecular flexibility index (Phi) is 10.7. The third-order valence-electron chi connectivity index (χ3n) is 7.68. The lowest BCUT2D eigenvalue weighted by atomic mass is 9.97. The van der Waals surface area contributed by atoms with Gasteiger partial charge in [-0.05, 0) is 80.4 Å². The van der Waals surface area contributed by atoms with Crippen molar-refractivity contribution in [3.8, 4) is 0 Å². The van der Waals surface area contributed by atoms with Crippen molar-refractivity contribution in [1.29, 1.82) is 0 Å². The van der Waals surface area contributed by atoms with E-state index in [0.29, 0.717) is 18.8 Å². The van der Waals surface area contributed by atoms with Crippen LogP contribution in [0.2, 0.25) is 0 Å². The lowest BCUT2D eigenvalue weighted by Gasteiger charge is -2.33. The first-order valence-electron chi connectivity index (χ1n) is 14.3. The topological polar surface area (TPSA) is 96.9 Å². The number of aliphatic hydroxyl groups is 1. The summed E-state index contributed by atoms with van der Waals surface area (Å²) in [4.78, 5) is 31.0. The minimum atomic E-state index is -1.45. The average molecular weight is 620 g/mol. The molecule has 3 atom stereocenters. The van der Waals surface area contributed by atoms with Crippen LogP contribution in [0.5, 0.6) is 0 Å². The maximum absolute atomic E-state index is 13.9. The number of carbonyl (C=O) groups is 2. The average Bonchev–Trinajstić information content (AvgIpc) is 3.31. The van der Waals surface area contributed by atoms with Crippen LogP contribution in [0.3, 0.4) is 0 Å². The Bertz CT molecular complexity index is 1420. The molecule has 1 saturated heterocycles. The Morgan fingerprint density at radius 1 is 1.05 bits per heavy atom. The quantitative estimate of drug-likeness (QED) is 0.250. The number of carbonyl (C=O) groups excluding carboxylic acids is 2. The molecule has 2 amide bonds. The van der Waals surface area contributed by atoms with Crippen LogP contribution < -0.4 is 20.9 Å². The number of rotatable bonds is 10. The van der Waals surface area contributed by atoms with Gasteiger partial charge in [0.15, 0.2) is 11.2 Å². The predicted molar refractivity (Wildman–Crippen MR) is 180 cm³/mol. The van der Waals surface area contributed by atoms with Gasteiger partial charge in [-0.2, -0.15) is 0 Å².